The van der Waals surface area contributed by atoms with Crippen LogP contribution >= 0.6 is 11.6 Å². The molecule has 1 heterocycles. The van der Waals surface area contributed by atoms with Crippen molar-refractivity contribution in [3.05, 3.63) is 11.0 Å². The van der Waals surface area contributed by atoms with Gasteiger partial charge in [0.05, 0.1) is 17.5 Å². The topological polar surface area (TPSA) is 73.1 Å². The Kier molecular flexibility index (Phi) is 3.87. The highest BCUT2D eigenvalue weighted by Crippen LogP contribution is 2.44. The van der Waals surface area contributed by atoms with Gasteiger partial charge in [0.2, 0.25) is 5.28 Å². The molecule has 1 aliphatic rings. The van der Waals surface area contributed by atoms with E-state index in [1.165, 1.54) is 0 Å². The minimum Gasteiger partial charge on any atom is -0.394 e. The lowest BCUT2D eigenvalue weighted by molar-refractivity contribution is -0.0976. The second-order valence-corrected chi connectivity index (χ2v) is 5.88. The number of nitrogen functional groups attached to an aromatic ring is 1. The molecule has 0 amide bonds. The molecule has 5 nitrogen and oxygen atoms in total. The van der Waals surface area contributed by atoms with Crippen LogP contribution in [0.25, 0.3) is 0 Å². The van der Waals surface area contributed by atoms with Crippen molar-refractivity contribution in [3.8, 4) is 0 Å². The van der Waals surface area contributed by atoms with E-state index >= 15 is 0 Å². The molecule has 106 valence electrons. The molecule has 1 aromatic heterocycles. The third kappa shape index (κ3) is 2.62. The minimum absolute atomic E-state index is 0.0494. The summed E-state index contributed by atoms with van der Waals surface area (Å²) in [6.07, 6.45) is 1.22. The van der Waals surface area contributed by atoms with Crippen molar-refractivity contribution in [1.29, 1.82) is 0 Å². The van der Waals surface area contributed by atoms with Gasteiger partial charge in [-0.3, -0.25) is 0 Å². The molecule has 0 bridgehead atoms. The lowest BCUT2D eigenvalue weighted by atomic mass is 9.64. The number of hydrogen-bond donors (Lipinski definition) is 2. The molecule has 0 radical (unpaired) electrons. The fraction of sp³-hybridized carbons (Fsp3) is 0.692. The molecule has 1 aromatic rings. The summed E-state index contributed by atoms with van der Waals surface area (Å²) in [5.41, 5.74) is 7.28. The standard InChI is InChI=1S/C13H21ClN4O/c1-5-19-9-6-8(13(9,3)4)17-11-10(15)7(2)16-12(14)18-11/h8-9H,5-6,15H2,1-4H3,(H,16,17,18). The highest BCUT2D eigenvalue weighted by molar-refractivity contribution is 6.28. The molecular formula is C13H21ClN4O. The molecule has 0 aromatic carbocycles. The quantitative estimate of drug-likeness (QED) is 0.832. The number of rotatable bonds is 4. The van der Waals surface area contributed by atoms with Crippen LogP contribution in [0.15, 0.2) is 0 Å². The van der Waals surface area contributed by atoms with Gasteiger partial charge < -0.3 is 15.8 Å². The van der Waals surface area contributed by atoms with E-state index in [1.54, 1.807) is 0 Å². The summed E-state index contributed by atoms with van der Waals surface area (Å²) in [5, 5.41) is 3.58. The van der Waals surface area contributed by atoms with Crippen molar-refractivity contribution in [2.75, 3.05) is 17.7 Å². The Balaban J connectivity index is 2.12. The van der Waals surface area contributed by atoms with Gasteiger partial charge in [-0.2, -0.15) is 4.98 Å². The SMILES string of the molecule is CCOC1CC(Nc2nc(Cl)nc(C)c2N)C1(C)C. The summed E-state index contributed by atoms with van der Waals surface area (Å²) >= 11 is 5.87. The van der Waals surface area contributed by atoms with Crippen LogP contribution in [0.3, 0.4) is 0 Å². The molecule has 3 N–H and O–H groups in total. The number of hydrogen-bond acceptors (Lipinski definition) is 5. The first-order valence-electron chi connectivity index (χ1n) is 6.54. The molecule has 1 fully saturated rings. The van der Waals surface area contributed by atoms with Crippen molar-refractivity contribution in [3.63, 3.8) is 0 Å². The van der Waals surface area contributed by atoms with Crippen molar-refractivity contribution in [2.24, 2.45) is 5.41 Å². The highest BCUT2D eigenvalue weighted by atomic mass is 35.5. The fourth-order valence-corrected chi connectivity index (χ4v) is 2.65. The van der Waals surface area contributed by atoms with Gasteiger partial charge in [0.15, 0.2) is 5.82 Å². The molecule has 2 atom stereocenters. The predicted molar refractivity (Wildman–Crippen MR) is 77.4 cm³/mol. The van der Waals surface area contributed by atoms with Crippen LogP contribution in [0.2, 0.25) is 5.28 Å². The maximum Gasteiger partial charge on any atom is 0.224 e. The van der Waals surface area contributed by atoms with Gasteiger partial charge in [0.25, 0.3) is 0 Å². The normalized spacial score (nSPS) is 24.9. The average Bonchev–Trinajstić information content (AvgIpc) is 2.33. The summed E-state index contributed by atoms with van der Waals surface area (Å²) in [5.74, 6) is 0.616. The first-order chi connectivity index (χ1) is 8.86. The molecule has 6 heteroatoms. The number of nitrogens with one attached hydrogen (secondary N) is 1. The maximum absolute atomic E-state index is 5.98. The van der Waals surface area contributed by atoms with Gasteiger partial charge in [-0.05, 0) is 31.9 Å². The Labute approximate surface area is 118 Å². The second-order valence-electron chi connectivity index (χ2n) is 5.54. The number of nitrogens with zero attached hydrogens (tertiary/aromatic N) is 2. The van der Waals surface area contributed by atoms with E-state index in [2.05, 4.69) is 29.1 Å². The van der Waals surface area contributed by atoms with E-state index in [0.29, 0.717) is 17.2 Å². The molecule has 1 saturated carbocycles. The lowest BCUT2D eigenvalue weighted by Crippen LogP contribution is -2.58. The Bertz CT molecular complexity index is 478. The van der Waals surface area contributed by atoms with Crippen LogP contribution in [0.5, 0.6) is 0 Å². The number of halogens is 1. The van der Waals surface area contributed by atoms with Crippen LogP contribution in [0.1, 0.15) is 32.9 Å². The number of nitrogens with two attached hydrogens (primary N) is 1. The van der Waals surface area contributed by atoms with E-state index in [1.807, 2.05) is 13.8 Å². The van der Waals surface area contributed by atoms with E-state index in [0.717, 1.165) is 13.0 Å². The number of aromatic nitrogens is 2. The van der Waals surface area contributed by atoms with Crippen LogP contribution in [0.4, 0.5) is 11.5 Å². The predicted octanol–water partition coefficient (Wildman–Crippen LogP) is 2.64. The molecule has 0 saturated heterocycles. The Morgan fingerprint density at radius 3 is 2.74 bits per heavy atom. The van der Waals surface area contributed by atoms with Gasteiger partial charge in [-0.25, -0.2) is 4.98 Å². The molecule has 0 aliphatic heterocycles. The smallest absolute Gasteiger partial charge is 0.224 e. The van der Waals surface area contributed by atoms with Gasteiger partial charge >= 0.3 is 0 Å². The monoisotopic (exact) mass is 284 g/mol. The zero-order valence-corrected chi connectivity index (χ0v) is 12.6. The third-order valence-corrected chi connectivity index (χ3v) is 4.13. The Hall–Kier alpha value is -1.07. The van der Waals surface area contributed by atoms with Crippen molar-refractivity contribution in [2.45, 2.75) is 46.3 Å². The summed E-state index contributed by atoms with van der Waals surface area (Å²) in [4.78, 5) is 8.20. The van der Waals surface area contributed by atoms with Crippen LogP contribution < -0.4 is 11.1 Å². The van der Waals surface area contributed by atoms with Crippen molar-refractivity contribution >= 4 is 23.1 Å². The first kappa shape index (κ1) is 14.3. The molecular weight excluding hydrogens is 264 g/mol. The van der Waals surface area contributed by atoms with Gasteiger partial charge in [0.1, 0.15) is 0 Å². The van der Waals surface area contributed by atoms with Crippen LogP contribution in [0, 0.1) is 12.3 Å². The second kappa shape index (κ2) is 5.13. The average molecular weight is 285 g/mol. The third-order valence-electron chi connectivity index (χ3n) is 3.97. The maximum atomic E-state index is 5.98. The lowest BCUT2D eigenvalue weighted by Gasteiger charge is -2.51. The van der Waals surface area contributed by atoms with Gasteiger partial charge in [0, 0.05) is 18.1 Å². The van der Waals surface area contributed by atoms with E-state index in [9.17, 15) is 0 Å². The largest absolute Gasteiger partial charge is 0.394 e. The highest BCUT2D eigenvalue weighted by Gasteiger charge is 2.49. The van der Waals surface area contributed by atoms with E-state index < -0.39 is 0 Å². The van der Waals surface area contributed by atoms with Gasteiger partial charge in [-0.15, -0.1) is 0 Å². The molecule has 1 aliphatic carbocycles. The van der Waals surface area contributed by atoms with E-state index in [-0.39, 0.29) is 22.8 Å². The minimum atomic E-state index is 0.0494. The Morgan fingerprint density at radius 1 is 1.47 bits per heavy atom. The van der Waals surface area contributed by atoms with Crippen LogP contribution in [-0.2, 0) is 4.74 Å². The van der Waals surface area contributed by atoms with Gasteiger partial charge in [-0.1, -0.05) is 13.8 Å². The first-order valence-corrected chi connectivity index (χ1v) is 6.91. The summed E-state index contributed by atoms with van der Waals surface area (Å²) in [6, 6.07) is 0.275. The van der Waals surface area contributed by atoms with Crippen LogP contribution in [-0.4, -0.2) is 28.7 Å². The van der Waals surface area contributed by atoms with E-state index in [4.69, 9.17) is 22.1 Å². The fourth-order valence-electron chi connectivity index (χ4n) is 2.44. The molecule has 2 unspecified atom stereocenters. The van der Waals surface area contributed by atoms with Crippen molar-refractivity contribution in [1.82, 2.24) is 9.97 Å². The zero-order chi connectivity index (χ0) is 14.2. The molecule has 2 rings (SSSR count). The Morgan fingerprint density at radius 2 is 2.16 bits per heavy atom. The summed E-state index contributed by atoms with van der Waals surface area (Å²) in [6.45, 7) is 8.94. The number of ether oxygens (including phenoxy) is 1. The number of anilines is 2. The zero-order valence-electron chi connectivity index (χ0n) is 11.8. The number of aryl methyl sites for hydroxylation is 1. The molecule has 0 spiro atoms. The summed E-state index contributed by atoms with van der Waals surface area (Å²) < 4.78 is 5.71. The molecule has 19 heavy (non-hydrogen) atoms. The summed E-state index contributed by atoms with van der Waals surface area (Å²) in [7, 11) is 0. The van der Waals surface area contributed by atoms with Crippen molar-refractivity contribution < 1.29 is 4.74 Å².